The SMILES string of the molecule is C.CC.O=C(OO)Oc1ccccc1. The highest BCUT2D eigenvalue weighted by atomic mass is 17.1. The molecule has 0 spiro atoms. The lowest BCUT2D eigenvalue weighted by atomic mass is 10.3. The van der Waals surface area contributed by atoms with E-state index in [4.69, 9.17) is 5.26 Å². The lowest BCUT2D eigenvalue weighted by Crippen LogP contribution is -2.07. The van der Waals surface area contributed by atoms with E-state index in [0.717, 1.165) is 0 Å². The Bertz CT molecular complexity index is 233. The van der Waals surface area contributed by atoms with Crippen LogP contribution in [0.1, 0.15) is 21.3 Å². The number of rotatable bonds is 1. The second-order valence-electron chi connectivity index (χ2n) is 1.76. The smallest absolute Gasteiger partial charge is 0.393 e. The van der Waals surface area contributed by atoms with Gasteiger partial charge in [0, 0.05) is 0 Å². The van der Waals surface area contributed by atoms with Crippen molar-refractivity contribution in [3.05, 3.63) is 30.3 Å². The lowest BCUT2D eigenvalue weighted by Gasteiger charge is -1.98. The number of hydrogen-bond acceptors (Lipinski definition) is 4. The molecule has 0 bridgehead atoms. The van der Waals surface area contributed by atoms with Crippen molar-refractivity contribution in [2.24, 2.45) is 0 Å². The van der Waals surface area contributed by atoms with Crippen LogP contribution in [-0.4, -0.2) is 11.4 Å². The van der Waals surface area contributed by atoms with Crippen molar-refractivity contribution in [2.75, 3.05) is 0 Å². The Labute approximate surface area is 84.0 Å². The van der Waals surface area contributed by atoms with Crippen LogP contribution in [0.5, 0.6) is 5.75 Å². The van der Waals surface area contributed by atoms with Crippen LogP contribution in [0.4, 0.5) is 4.79 Å². The Balaban J connectivity index is 0. The van der Waals surface area contributed by atoms with E-state index < -0.39 is 6.16 Å². The Morgan fingerprint density at radius 1 is 1.21 bits per heavy atom. The molecule has 1 rings (SSSR count). The Kier molecular flexibility index (Phi) is 10.2. The normalized spacial score (nSPS) is 7.36. The highest BCUT2D eigenvalue weighted by Crippen LogP contribution is 2.08. The van der Waals surface area contributed by atoms with Crippen LogP contribution in [0, 0.1) is 0 Å². The predicted molar refractivity (Wildman–Crippen MR) is 54.3 cm³/mol. The van der Waals surface area contributed by atoms with Gasteiger partial charge in [0.2, 0.25) is 0 Å². The Hall–Kier alpha value is -1.55. The average molecular weight is 200 g/mol. The lowest BCUT2D eigenvalue weighted by molar-refractivity contribution is -0.191. The van der Waals surface area contributed by atoms with E-state index in [0.29, 0.717) is 5.75 Å². The summed E-state index contributed by atoms with van der Waals surface area (Å²) in [7, 11) is 0. The molecule has 0 aliphatic heterocycles. The van der Waals surface area contributed by atoms with Gasteiger partial charge in [0.1, 0.15) is 5.75 Å². The highest BCUT2D eigenvalue weighted by Gasteiger charge is 2.02. The molecule has 0 aromatic heterocycles. The molecule has 0 atom stereocenters. The summed E-state index contributed by atoms with van der Waals surface area (Å²) in [5.74, 6) is 0.326. The van der Waals surface area contributed by atoms with Gasteiger partial charge in [0.15, 0.2) is 0 Å². The van der Waals surface area contributed by atoms with Crippen LogP contribution in [0.2, 0.25) is 0 Å². The highest BCUT2D eigenvalue weighted by molar-refractivity contribution is 5.62. The summed E-state index contributed by atoms with van der Waals surface area (Å²) < 4.78 is 4.45. The van der Waals surface area contributed by atoms with E-state index in [1.54, 1.807) is 30.3 Å². The molecule has 1 aromatic carbocycles. The van der Waals surface area contributed by atoms with Gasteiger partial charge in [-0.2, -0.15) is 5.26 Å². The zero-order valence-corrected chi connectivity index (χ0v) is 7.56. The summed E-state index contributed by atoms with van der Waals surface area (Å²) in [6, 6.07) is 8.30. The third kappa shape index (κ3) is 6.02. The number of carbonyl (C=O) groups is 1. The van der Waals surface area contributed by atoms with E-state index >= 15 is 0 Å². The van der Waals surface area contributed by atoms with Gasteiger partial charge in [-0.3, -0.25) is 4.89 Å². The fourth-order valence-electron chi connectivity index (χ4n) is 0.603. The van der Waals surface area contributed by atoms with Crippen LogP contribution >= 0.6 is 0 Å². The van der Waals surface area contributed by atoms with Gasteiger partial charge in [-0.25, -0.2) is 4.79 Å². The van der Waals surface area contributed by atoms with Gasteiger partial charge in [0.25, 0.3) is 0 Å². The van der Waals surface area contributed by atoms with Gasteiger partial charge < -0.3 is 4.74 Å². The molecule has 80 valence electrons. The van der Waals surface area contributed by atoms with Crippen molar-refractivity contribution in [1.82, 2.24) is 0 Å². The Morgan fingerprint density at radius 2 is 1.71 bits per heavy atom. The topological polar surface area (TPSA) is 55.8 Å². The fraction of sp³-hybridized carbons (Fsp3) is 0.300. The minimum Gasteiger partial charge on any atom is -0.393 e. The number of hydrogen-bond donors (Lipinski definition) is 1. The van der Waals surface area contributed by atoms with E-state index in [1.807, 2.05) is 13.8 Å². The minimum atomic E-state index is -1.14. The van der Waals surface area contributed by atoms with Crippen molar-refractivity contribution in [1.29, 1.82) is 0 Å². The number of carbonyl (C=O) groups excluding carboxylic acids is 1. The standard InChI is InChI=1S/C7H6O4.C2H6.CH4/c8-7(11-9)10-6-4-2-1-3-5-6;1-2;/h1-5,9H;1-2H3;1H4. The van der Waals surface area contributed by atoms with Crippen molar-refractivity contribution in [2.45, 2.75) is 21.3 Å². The molecular weight excluding hydrogens is 184 g/mol. The molecule has 0 aliphatic carbocycles. The summed E-state index contributed by atoms with van der Waals surface area (Å²) in [5.41, 5.74) is 0. The van der Waals surface area contributed by atoms with Gasteiger partial charge in [-0.1, -0.05) is 39.5 Å². The van der Waals surface area contributed by atoms with Crippen molar-refractivity contribution >= 4 is 6.16 Å². The first kappa shape index (κ1) is 14.9. The van der Waals surface area contributed by atoms with Crippen LogP contribution in [0.25, 0.3) is 0 Å². The number of benzene rings is 1. The molecule has 0 aliphatic rings. The summed E-state index contributed by atoms with van der Waals surface area (Å²) in [5, 5.41) is 7.82. The second-order valence-corrected chi connectivity index (χ2v) is 1.76. The minimum absolute atomic E-state index is 0. The third-order valence-electron chi connectivity index (χ3n) is 1.02. The zero-order valence-electron chi connectivity index (χ0n) is 7.56. The molecule has 0 heterocycles. The van der Waals surface area contributed by atoms with Gasteiger partial charge in [0.05, 0.1) is 0 Å². The summed E-state index contributed by atoms with van der Waals surface area (Å²) >= 11 is 0. The molecule has 0 unspecified atom stereocenters. The van der Waals surface area contributed by atoms with E-state index in [9.17, 15) is 4.79 Å². The fourth-order valence-corrected chi connectivity index (χ4v) is 0.603. The first-order valence-electron chi connectivity index (χ1n) is 3.91. The number of para-hydroxylation sites is 1. The van der Waals surface area contributed by atoms with E-state index in [2.05, 4.69) is 9.62 Å². The molecule has 0 fully saturated rings. The second kappa shape index (κ2) is 9.54. The summed E-state index contributed by atoms with van der Waals surface area (Å²) in [6.07, 6.45) is -1.14. The van der Waals surface area contributed by atoms with Crippen LogP contribution < -0.4 is 4.74 Å². The Morgan fingerprint density at radius 3 is 2.14 bits per heavy atom. The molecule has 1 aromatic rings. The van der Waals surface area contributed by atoms with Crippen LogP contribution in [-0.2, 0) is 4.89 Å². The predicted octanol–water partition coefficient (Wildman–Crippen LogP) is 3.34. The molecular formula is C10H16O4. The number of ether oxygens (including phenoxy) is 1. The molecule has 14 heavy (non-hydrogen) atoms. The molecule has 1 N–H and O–H groups in total. The van der Waals surface area contributed by atoms with Gasteiger partial charge >= 0.3 is 6.16 Å². The maximum Gasteiger partial charge on any atom is 0.545 e. The molecule has 4 nitrogen and oxygen atoms in total. The first-order valence-corrected chi connectivity index (χ1v) is 3.91. The van der Waals surface area contributed by atoms with Crippen molar-refractivity contribution < 1.29 is 19.7 Å². The molecule has 0 radical (unpaired) electrons. The van der Waals surface area contributed by atoms with Gasteiger partial charge in [-0.15, -0.1) is 0 Å². The largest absolute Gasteiger partial charge is 0.545 e. The maximum absolute atomic E-state index is 10.3. The van der Waals surface area contributed by atoms with Crippen molar-refractivity contribution in [3.63, 3.8) is 0 Å². The van der Waals surface area contributed by atoms with Crippen LogP contribution in [0.15, 0.2) is 30.3 Å². The van der Waals surface area contributed by atoms with Crippen molar-refractivity contribution in [3.8, 4) is 5.75 Å². The average Bonchev–Trinajstić information content (AvgIpc) is 2.22. The van der Waals surface area contributed by atoms with E-state index in [1.165, 1.54) is 0 Å². The summed E-state index contributed by atoms with van der Waals surface area (Å²) in [6.45, 7) is 4.00. The third-order valence-corrected chi connectivity index (χ3v) is 1.02. The molecule has 0 saturated heterocycles. The molecule has 0 amide bonds. The monoisotopic (exact) mass is 200 g/mol. The van der Waals surface area contributed by atoms with Gasteiger partial charge in [-0.05, 0) is 12.1 Å². The molecule has 0 saturated carbocycles. The zero-order chi connectivity index (χ0) is 10.1. The summed E-state index contributed by atoms with van der Waals surface area (Å²) in [4.78, 5) is 13.6. The van der Waals surface area contributed by atoms with E-state index in [-0.39, 0.29) is 7.43 Å². The molecule has 4 heteroatoms. The maximum atomic E-state index is 10.3. The first-order chi connectivity index (χ1) is 6.33. The van der Waals surface area contributed by atoms with Crippen LogP contribution in [0.3, 0.4) is 0 Å². The quantitative estimate of drug-likeness (QED) is 0.327.